The maximum atomic E-state index is 14.2. The summed E-state index contributed by atoms with van der Waals surface area (Å²) in [7, 11) is 0. The van der Waals surface area contributed by atoms with Crippen molar-refractivity contribution in [1.29, 1.82) is 0 Å². The molecule has 0 unspecified atom stereocenters. The third-order valence-corrected chi connectivity index (χ3v) is 5.58. The molecule has 4 rings (SSSR count). The Labute approximate surface area is 192 Å². The topological polar surface area (TPSA) is 90.5 Å². The highest BCUT2D eigenvalue weighted by molar-refractivity contribution is 7.99. The van der Waals surface area contributed by atoms with E-state index in [2.05, 4.69) is 32.2 Å². The van der Waals surface area contributed by atoms with Gasteiger partial charge in [0.25, 0.3) is 0 Å². The van der Waals surface area contributed by atoms with Crippen LogP contribution in [0, 0.1) is 5.82 Å². The molecule has 8 nitrogen and oxygen atoms in total. The van der Waals surface area contributed by atoms with Gasteiger partial charge in [-0.05, 0) is 30.3 Å². The number of benzene rings is 2. The van der Waals surface area contributed by atoms with Crippen LogP contribution in [0.15, 0.2) is 72.9 Å². The van der Waals surface area contributed by atoms with Gasteiger partial charge in [-0.3, -0.25) is 9.36 Å². The first kappa shape index (κ1) is 21.7. The second kappa shape index (κ2) is 9.75. The van der Waals surface area contributed by atoms with E-state index in [0.717, 1.165) is 0 Å². The van der Waals surface area contributed by atoms with Crippen molar-refractivity contribution in [2.75, 3.05) is 11.1 Å². The van der Waals surface area contributed by atoms with Crippen molar-refractivity contribution in [3.63, 3.8) is 0 Å². The number of anilines is 1. The van der Waals surface area contributed by atoms with Gasteiger partial charge < -0.3 is 5.32 Å². The van der Waals surface area contributed by atoms with Crippen molar-refractivity contribution in [1.82, 2.24) is 29.5 Å². The number of hydrogen-bond acceptors (Lipinski definition) is 6. The molecular formula is C21H17ClFN7OS. The van der Waals surface area contributed by atoms with E-state index in [-0.39, 0.29) is 11.7 Å². The average Bonchev–Trinajstić information content (AvgIpc) is 3.44. The highest BCUT2D eigenvalue weighted by Gasteiger charge is 2.18. The van der Waals surface area contributed by atoms with Gasteiger partial charge >= 0.3 is 0 Å². The first-order valence-electron chi connectivity index (χ1n) is 9.43. The lowest BCUT2D eigenvalue weighted by Gasteiger charge is -2.11. The van der Waals surface area contributed by atoms with Crippen molar-refractivity contribution < 1.29 is 9.18 Å². The molecule has 0 atom stereocenters. The van der Waals surface area contributed by atoms with Crippen LogP contribution in [-0.4, -0.2) is 41.2 Å². The Bertz CT molecular complexity index is 1260. The van der Waals surface area contributed by atoms with Crippen LogP contribution in [-0.2, 0) is 11.3 Å². The molecule has 0 aliphatic rings. The molecule has 0 saturated heterocycles. The van der Waals surface area contributed by atoms with Gasteiger partial charge in [0.2, 0.25) is 5.91 Å². The highest BCUT2D eigenvalue weighted by atomic mass is 35.5. The summed E-state index contributed by atoms with van der Waals surface area (Å²) >= 11 is 7.28. The molecule has 2 heterocycles. The summed E-state index contributed by atoms with van der Waals surface area (Å²) in [6.07, 6.45) is 4.58. The maximum Gasteiger partial charge on any atom is 0.234 e. The second-order valence-electron chi connectivity index (χ2n) is 6.52. The van der Waals surface area contributed by atoms with E-state index in [0.29, 0.717) is 39.5 Å². The van der Waals surface area contributed by atoms with Gasteiger partial charge in [-0.15, -0.1) is 16.8 Å². The van der Waals surface area contributed by atoms with Gasteiger partial charge in [0.05, 0.1) is 22.7 Å². The molecule has 1 amide bonds. The lowest BCUT2D eigenvalue weighted by molar-refractivity contribution is -0.113. The number of aromatic nitrogens is 6. The summed E-state index contributed by atoms with van der Waals surface area (Å²) in [5.74, 6) is -0.259. The Balaban J connectivity index is 1.51. The normalized spacial score (nSPS) is 10.8. The van der Waals surface area contributed by atoms with E-state index in [9.17, 15) is 9.18 Å². The van der Waals surface area contributed by atoms with Crippen LogP contribution in [0.4, 0.5) is 10.1 Å². The molecule has 1 N–H and O–H groups in total. The standard InChI is InChI=1S/C21H17ClFN7OS/c1-2-9-29-20(15-5-3-4-6-16(15)23)27-28-21(29)32-11-19(31)26-17-10-14(22)7-8-18(17)30-13-24-12-25-30/h2-8,10,12-13H,1,9,11H2,(H,26,31). The van der Waals surface area contributed by atoms with Gasteiger partial charge in [0, 0.05) is 11.6 Å². The molecule has 2 aromatic heterocycles. The Hall–Kier alpha value is -3.50. The summed E-state index contributed by atoms with van der Waals surface area (Å²) in [4.78, 5) is 16.6. The van der Waals surface area contributed by atoms with Gasteiger partial charge in [0.15, 0.2) is 11.0 Å². The van der Waals surface area contributed by atoms with Crippen LogP contribution in [0.25, 0.3) is 17.1 Å². The fraction of sp³-hybridized carbons (Fsp3) is 0.0952. The second-order valence-corrected chi connectivity index (χ2v) is 7.90. The fourth-order valence-electron chi connectivity index (χ4n) is 2.99. The Morgan fingerprint density at radius 3 is 2.84 bits per heavy atom. The van der Waals surface area contributed by atoms with Crippen LogP contribution in [0.2, 0.25) is 5.02 Å². The number of rotatable bonds is 8. The molecular weight excluding hydrogens is 453 g/mol. The van der Waals surface area contributed by atoms with Crippen LogP contribution >= 0.6 is 23.4 Å². The zero-order valence-electron chi connectivity index (χ0n) is 16.7. The Morgan fingerprint density at radius 2 is 2.09 bits per heavy atom. The first-order valence-corrected chi connectivity index (χ1v) is 10.8. The van der Waals surface area contributed by atoms with Crippen molar-refractivity contribution in [2.45, 2.75) is 11.7 Å². The average molecular weight is 470 g/mol. The lowest BCUT2D eigenvalue weighted by atomic mass is 10.2. The quantitative estimate of drug-likeness (QED) is 0.306. The number of amides is 1. The summed E-state index contributed by atoms with van der Waals surface area (Å²) in [6, 6.07) is 11.4. The molecule has 0 bridgehead atoms. The van der Waals surface area contributed by atoms with E-state index < -0.39 is 5.82 Å². The molecule has 0 fully saturated rings. The van der Waals surface area contributed by atoms with Crippen LogP contribution in [0.5, 0.6) is 0 Å². The van der Waals surface area contributed by atoms with Crippen LogP contribution in [0.3, 0.4) is 0 Å². The largest absolute Gasteiger partial charge is 0.323 e. The minimum atomic E-state index is -0.402. The number of thioether (sulfide) groups is 1. The predicted octanol–water partition coefficient (Wildman–Crippen LogP) is 4.24. The minimum Gasteiger partial charge on any atom is -0.323 e. The highest BCUT2D eigenvalue weighted by Crippen LogP contribution is 2.27. The number of nitrogens with zero attached hydrogens (tertiary/aromatic N) is 6. The molecule has 11 heteroatoms. The number of carbonyl (C=O) groups excluding carboxylic acids is 1. The summed E-state index contributed by atoms with van der Waals surface area (Å²) < 4.78 is 17.5. The zero-order valence-corrected chi connectivity index (χ0v) is 18.2. The predicted molar refractivity (Wildman–Crippen MR) is 121 cm³/mol. The molecule has 32 heavy (non-hydrogen) atoms. The third-order valence-electron chi connectivity index (χ3n) is 4.37. The summed E-state index contributed by atoms with van der Waals surface area (Å²) in [5.41, 5.74) is 1.45. The Morgan fingerprint density at radius 1 is 1.25 bits per heavy atom. The zero-order chi connectivity index (χ0) is 22.5. The monoisotopic (exact) mass is 469 g/mol. The maximum absolute atomic E-state index is 14.2. The van der Waals surface area contributed by atoms with E-state index in [1.54, 1.807) is 47.0 Å². The Kier molecular flexibility index (Phi) is 6.62. The summed E-state index contributed by atoms with van der Waals surface area (Å²) in [6.45, 7) is 4.11. The smallest absolute Gasteiger partial charge is 0.234 e. The summed E-state index contributed by atoms with van der Waals surface area (Å²) in [5, 5.41) is 16.1. The molecule has 0 aliphatic carbocycles. The van der Waals surface area contributed by atoms with Crippen molar-refractivity contribution in [2.24, 2.45) is 0 Å². The minimum absolute atomic E-state index is 0.0514. The lowest BCUT2D eigenvalue weighted by Crippen LogP contribution is -2.16. The van der Waals surface area contributed by atoms with Gasteiger partial charge in [-0.2, -0.15) is 5.10 Å². The van der Waals surface area contributed by atoms with Crippen molar-refractivity contribution in [3.8, 4) is 17.1 Å². The van der Waals surface area contributed by atoms with Gasteiger partial charge in [0.1, 0.15) is 18.5 Å². The van der Waals surface area contributed by atoms with E-state index in [1.807, 2.05) is 0 Å². The number of hydrogen-bond donors (Lipinski definition) is 1. The van der Waals surface area contributed by atoms with Crippen molar-refractivity contribution in [3.05, 3.63) is 78.6 Å². The molecule has 0 spiro atoms. The number of nitrogens with one attached hydrogen (secondary N) is 1. The van der Waals surface area contributed by atoms with Crippen molar-refractivity contribution >= 4 is 35.0 Å². The number of carbonyl (C=O) groups is 1. The molecule has 0 aliphatic heterocycles. The van der Waals surface area contributed by atoms with Gasteiger partial charge in [-0.25, -0.2) is 14.1 Å². The van der Waals surface area contributed by atoms with E-state index in [4.69, 9.17) is 11.6 Å². The van der Waals surface area contributed by atoms with Crippen LogP contribution in [0.1, 0.15) is 0 Å². The van der Waals surface area contributed by atoms with Gasteiger partial charge in [-0.1, -0.05) is 41.6 Å². The number of halogens is 2. The number of allylic oxidation sites excluding steroid dienone is 1. The molecule has 0 saturated carbocycles. The molecule has 2 aromatic carbocycles. The van der Waals surface area contributed by atoms with E-state index in [1.165, 1.54) is 35.2 Å². The fourth-order valence-corrected chi connectivity index (χ4v) is 3.91. The molecule has 162 valence electrons. The first-order chi connectivity index (χ1) is 15.6. The van der Waals surface area contributed by atoms with Crippen LogP contribution < -0.4 is 5.32 Å². The van der Waals surface area contributed by atoms with E-state index >= 15 is 0 Å². The third kappa shape index (κ3) is 4.71. The SMILES string of the molecule is C=CCn1c(SCC(=O)Nc2cc(Cl)ccc2-n2cncn2)nnc1-c1ccccc1F. The molecule has 0 radical (unpaired) electrons. The molecule has 4 aromatic rings.